The minimum atomic E-state index is -1.05. The number of hydrogen-bond acceptors (Lipinski definition) is 4. The quantitative estimate of drug-likeness (QED) is 0.669. The van der Waals surface area contributed by atoms with Crippen LogP contribution in [-0.4, -0.2) is 37.8 Å². The molecule has 0 aliphatic rings. The lowest BCUT2D eigenvalue weighted by molar-refractivity contribution is -0.141. The molecule has 1 rings (SSSR count). The summed E-state index contributed by atoms with van der Waals surface area (Å²) in [5, 5.41) is 14.7. The van der Waals surface area contributed by atoms with Gasteiger partial charge < -0.3 is 10.4 Å². The first kappa shape index (κ1) is 11.2. The molecular formula is C8H12N4O3. The highest BCUT2D eigenvalue weighted by molar-refractivity contribution is 5.83. The molecular weight excluding hydrogens is 200 g/mol. The third kappa shape index (κ3) is 3.75. The van der Waals surface area contributed by atoms with E-state index in [2.05, 4.69) is 15.4 Å². The van der Waals surface area contributed by atoms with E-state index < -0.39 is 12.0 Å². The first-order chi connectivity index (χ1) is 7.09. The Morgan fingerprint density at radius 1 is 1.60 bits per heavy atom. The van der Waals surface area contributed by atoms with Crippen molar-refractivity contribution in [2.24, 2.45) is 0 Å². The number of aromatic nitrogens is 3. The number of carboxylic acids is 1. The average molecular weight is 212 g/mol. The predicted molar refractivity (Wildman–Crippen MR) is 49.9 cm³/mol. The zero-order chi connectivity index (χ0) is 11.3. The molecule has 82 valence electrons. The fourth-order valence-electron chi connectivity index (χ4n) is 0.940. The summed E-state index contributed by atoms with van der Waals surface area (Å²) in [5.41, 5.74) is 0. The molecule has 0 saturated heterocycles. The van der Waals surface area contributed by atoms with Crippen LogP contribution in [0.1, 0.15) is 13.3 Å². The Balaban J connectivity index is 2.28. The lowest BCUT2D eigenvalue weighted by Gasteiger charge is -2.08. The van der Waals surface area contributed by atoms with Gasteiger partial charge in [0.2, 0.25) is 5.91 Å². The molecule has 0 spiro atoms. The van der Waals surface area contributed by atoms with Crippen LogP contribution in [0.2, 0.25) is 0 Å². The van der Waals surface area contributed by atoms with Gasteiger partial charge in [-0.3, -0.25) is 14.3 Å². The zero-order valence-electron chi connectivity index (χ0n) is 8.25. The molecule has 0 saturated carbocycles. The van der Waals surface area contributed by atoms with Crippen LogP contribution in [-0.2, 0) is 16.1 Å². The van der Waals surface area contributed by atoms with Crippen molar-refractivity contribution in [2.45, 2.75) is 25.9 Å². The fourth-order valence-corrected chi connectivity index (χ4v) is 0.940. The number of rotatable bonds is 5. The number of amides is 1. The number of carbonyl (C=O) groups is 2. The molecule has 0 bridgehead atoms. The molecule has 1 heterocycles. The standard InChI is InChI=1S/C8H12N4O3/c1-6(8(14)15)11-7(13)2-3-12-5-9-4-10-12/h4-6H,2-3H2,1H3,(H,11,13)(H,14,15). The fraction of sp³-hybridized carbons (Fsp3) is 0.500. The highest BCUT2D eigenvalue weighted by atomic mass is 16.4. The van der Waals surface area contributed by atoms with E-state index in [4.69, 9.17) is 5.11 Å². The number of aliphatic carboxylic acids is 1. The zero-order valence-corrected chi connectivity index (χ0v) is 8.25. The predicted octanol–water partition coefficient (Wildman–Crippen LogP) is -0.743. The van der Waals surface area contributed by atoms with Gasteiger partial charge in [0, 0.05) is 6.42 Å². The van der Waals surface area contributed by atoms with Crippen molar-refractivity contribution in [2.75, 3.05) is 0 Å². The Bertz CT molecular complexity index is 336. The summed E-state index contributed by atoms with van der Waals surface area (Å²) in [6, 6.07) is -0.867. The van der Waals surface area contributed by atoms with E-state index in [1.54, 1.807) is 0 Å². The van der Waals surface area contributed by atoms with Crippen molar-refractivity contribution >= 4 is 11.9 Å². The highest BCUT2D eigenvalue weighted by Crippen LogP contribution is 1.89. The van der Waals surface area contributed by atoms with Crippen molar-refractivity contribution in [3.63, 3.8) is 0 Å². The molecule has 7 nitrogen and oxygen atoms in total. The van der Waals surface area contributed by atoms with Crippen LogP contribution in [0, 0.1) is 0 Å². The summed E-state index contributed by atoms with van der Waals surface area (Å²) in [4.78, 5) is 25.4. The lowest BCUT2D eigenvalue weighted by atomic mass is 10.3. The Hall–Kier alpha value is -1.92. The first-order valence-electron chi connectivity index (χ1n) is 4.44. The van der Waals surface area contributed by atoms with Crippen LogP contribution in [0.5, 0.6) is 0 Å². The van der Waals surface area contributed by atoms with Gasteiger partial charge >= 0.3 is 5.97 Å². The third-order valence-corrected chi connectivity index (χ3v) is 1.78. The monoisotopic (exact) mass is 212 g/mol. The summed E-state index contributed by atoms with van der Waals surface area (Å²) < 4.78 is 1.50. The van der Waals surface area contributed by atoms with E-state index in [1.807, 2.05) is 0 Å². The summed E-state index contributed by atoms with van der Waals surface area (Å²) in [7, 11) is 0. The largest absolute Gasteiger partial charge is 0.480 e. The Kier molecular flexibility index (Phi) is 3.78. The van der Waals surface area contributed by atoms with Gasteiger partial charge in [-0.2, -0.15) is 5.10 Å². The molecule has 0 aliphatic carbocycles. The van der Waals surface area contributed by atoms with Crippen LogP contribution in [0.4, 0.5) is 0 Å². The van der Waals surface area contributed by atoms with Crippen molar-refractivity contribution in [1.29, 1.82) is 0 Å². The summed E-state index contributed by atoms with van der Waals surface area (Å²) in [6.45, 7) is 1.80. The Morgan fingerprint density at radius 2 is 2.33 bits per heavy atom. The molecule has 15 heavy (non-hydrogen) atoms. The number of aryl methyl sites for hydroxylation is 1. The van der Waals surface area contributed by atoms with Gasteiger partial charge in [-0.15, -0.1) is 0 Å². The van der Waals surface area contributed by atoms with Crippen molar-refractivity contribution < 1.29 is 14.7 Å². The van der Waals surface area contributed by atoms with Crippen LogP contribution in [0.3, 0.4) is 0 Å². The number of carboxylic acid groups (broad SMARTS) is 1. The molecule has 2 N–H and O–H groups in total. The first-order valence-corrected chi connectivity index (χ1v) is 4.44. The summed E-state index contributed by atoms with van der Waals surface area (Å²) >= 11 is 0. The Labute approximate surface area is 86.1 Å². The van der Waals surface area contributed by atoms with E-state index in [0.717, 1.165) is 0 Å². The van der Waals surface area contributed by atoms with E-state index in [-0.39, 0.29) is 12.3 Å². The van der Waals surface area contributed by atoms with Gasteiger partial charge in [0.1, 0.15) is 18.7 Å². The maximum atomic E-state index is 11.2. The van der Waals surface area contributed by atoms with Gasteiger partial charge in [-0.1, -0.05) is 0 Å². The molecule has 1 aromatic heterocycles. The van der Waals surface area contributed by atoms with Crippen LogP contribution < -0.4 is 5.32 Å². The van der Waals surface area contributed by atoms with E-state index in [0.29, 0.717) is 6.54 Å². The van der Waals surface area contributed by atoms with E-state index in [1.165, 1.54) is 24.3 Å². The second-order valence-electron chi connectivity index (χ2n) is 3.04. The van der Waals surface area contributed by atoms with Gasteiger partial charge in [0.15, 0.2) is 0 Å². The molecule has 0 aliphatic heterocycles. The second kappa shape index (κ2) is 5.08. The molecule has 1 aromatic rings. The SMILES string of the molecule is CC(NC(=O)CCn1cncn1)C(=O)O. The second-order valence-corrected chi connectivity index (χ2v) is 3.04. The minimum absolute atomic E-state index is 0.182. The van der Waals surface area contributed by atoms with Crippen molar-refractivity contribution in [3.05, 3.63) is 12.7 Å². The van der Waals surface area contributed by atoms with Gasteiger partial charge in [-0.25, -0.2) is 4.98 Å². The summed E-state index contributed by atoms with van der Waals surface area (Å²) in [5.74, 6) is -1.37. The number of carbonyl (C=O) groups excluding carboxylic acids is 1. The van der Waals surface area contributed by atoms with Gasteiger partial charge in [-0.05, 0) is 6.92 Å². The highest BCUT2D eigenvalue weighted by Gasteiger charge is 2.13. The Morgan fingerprint density at radius 3 is 2.87 bits per heavy atom. The number of nitrogens with one attached hydrogen (secondary N) is 1. The minimum Gasteiger partial charge on any atom is -0.480 e. The maximum absolute atomic E-state index is 11.2. The molecule has 1 amide bonds. The van der Waals surface area contributed by atoms with Crippen LogP contribution in [0.25, 0.3) is 0 Å². The average Bonchev–Trinajstić information content (AvgIpc) is 2.66. The molecule has 1 atom stereocenters. The molecule has 1 unspecified atom stereocenters. The topological polar surface area (TPSA) is 97.1 Å². The van der Waals surface area contributed by atoms with E-state index in [9.17, 15) is 9.59 Å². The third-order valence-electron chi connectivity index (χ3n) is 1.78. The smallest absolute Gasteiger partial charge is 0.325 e. The van der Waals surface area contributed by atoms with E-state index >= 15 is 0 Å². The molecule has 7 heteroatoms. The van der Waals surface area contributed by atoms with Crippen LogP contribution in [0.15, 0.2) is 12.7 Å². The molecule has 0 aromatic carbocycles. The number of nitrogens with zero attached hydrogens (tertiary/aromatic N) is 3. The number of hydrogen-bond donors (Lipinski definition) is 2. The maximum Gasteiger partial charge on any atom is 0.325 e. The lowest BCUT2D eigenvalue weighted by Crippen LogP contribution is -2.38. The molecule has 0 fully saturated rings. The van der Waals surface area contributed by atoms with Gasteiger partial charge in [0.25, 0.3) is 0 Å². The summed E-state index contributed by atoms with van der Waals surface area (Å²) in [6.07, 6.45) is 3.05. The van der Waals surface area contributed by atoms with Crippen LogP contribution >= 0.6 is 0 Å². The molecule has 0 radical (unpaired) electrons. The van der Waals surface area contributed by atoms with Crippen molar-refractivity contribution in [1.82, 2.24) is 20.1 Å². The van der Waals surface area contributed by atoms with Gasteiger partial charge in [0.05, 0.1) is 6.54 Å². The van der Waals surface area contributed by atoms with Crippen molar-refractivity contribution in [3.8, 4) is 0 Å². The normalized spacial score (nSPS) is 12.1.